The normalized spacial score (nSPS) is 10.5. The Kier molecular flexibility index (Phi) is 10.9. The summed E-state index contributed by atoms with van der Waals surface area (Å²) in [4.78, 5) is 36.9. The highest BCUT2D eigenvalue weighted by atomic mass is 79.9. The van der Waals surface area contributed by atoms with Crippen molar-refractivity contribution in [3.63, 3.8) is 0 Å². The summed E-state index contributed by atoms with van der Waals surface area (Å²) in [6.07, 6.45) is 2.48. The van der Waals surface area contributed by atoms with Crippen molar-refractivity contribution in [2.24, 2.45) is 0 Å². The maximum atomic E-state index is 13.1. The summed E-state index contributed by atoms with van der Waals surface area (Å²) in [7, 11) is 0. The van der Waals surface area contributed by atoms with Crippen molar-refractivity contribution in [1.82, 2.24) is 0 Å². The molecule has 0 aliphatic rings. The van der Waals surface area contributed by atoms with E-state index in [-0.39, 0.29) is 24.8 Å². The van der Waals surface area contributed by atoms with E-state index in [4.69, 9.17) is 14.2 Å². The van der Waals surface area contributed by atoms with Gasteiger partial charge in [0, 0.05) is 22.9 Å². The molecule has 0 atom stereocenters. The predicted molar refractivity (Wildman–Crippen MR) is 126 cm³/mol. The van der Waals surface area contributed by atoms with Crippen LogP contribution >= 0.6 is 15.9 Å². The van der Waals surface area contributed by atoms with E-state index < -0.39 is 5.97 Å². The number of benzene rings is 2. The monoisotopic (exact) mass is 504 g/mol. The van der Waals surface area contributed by atoms with Crippen LogP contribution in [0.15, 0.2) is 42.5 Å². The molecule has 2 rings (SSSR count). The van der Waals surface area contributed by atoms with E-state index in [1.54, 1.807) is 50.2 Å². The highest BCUT2D eigenvalue weighted by Crippen LogP contribution is 2.24. The summed E-state index contributed by atoms with van der Waals surface area (Å²) in [5.74, 6) is -0.332. The van der Waals surface area contributed by atoms with Crippen molar-refractivity contribution in [3.05, 3.63) is 64.7 Å². The molecule has 0 radical (unpaired) electrons. The van der Waals surface area contributed by atoms with E-state index in [9.17, 15) is 14.4 Å². The number of rotatable bonds is 13. The highest BCUT2D eigenvalue weighted by Gasteiger charge is 2.16. The van der Waals surface area contributed by atoms with E-state index in [2.05, 4.69) is 15.9 Å². The van der Waals surface area contributed by atoms with E-state index in [1.165, 1.54) is 6.07 Å². The van der Waals surface area contributed by atoms with E-state index >= 15 is 0 Å². The van der Waals surface area contributed by atoms with Gasteiger partial charge >= 0.3 is 11.9 Å². The van der Waals surface area contributed by atoms with Gasteiger partial charge in [-0.25, -0.2) is 4.79 Å². The lowest BCUT2D eigenvalue weighted by Crippen LogP contribution is -2.09. The van der Waals surface area contributed by atoms with Crippen LogP contribution in [0.3, 0.4) is 0 Å². The van der Waals surface area contributed by atoms with Crippen molar-refractivity contribution in [2.75, 3.05) is 25.2 Å². The van der Waals surface area contributed by atoms with Gasteiger partial charge in [0.15, 0.2) is 5.78 Å². The van der Waals surface area contributed by atoms with Crippen molar-refractivity contribution in [3.8, 4) is 5.75 Å². The summed E-state index contributed by atoms with van der Waals surface area (Å²) in [5, 5.41) is 0.907. The Labute approximate surface area is 197 Å². The molecule has 32 heavy (non-hydrogen) atoms. The number of carbonyl (C=O) groups excluding carboxylic acids is 3. The average Bonchev–Trinajstić information content (AvgIpc) is 2.81. The molecule has 0 bridgehead atoms. The number of halogens is 1. The summed E-state index contributed by atoms with van der Waals surface area (Å²) in [6, 6.07) is 11.7. The van der Waals surface area contributed by atoms with E-state index in [0.29, 0.717) is 42.1 Å². The molecule has 6 nitrogen and oxygen atoms in total. The second kappa shape index (κ2) is 13.7. The van der Waals surface area contributed by atoms with Gasteiger partial charge in [0.1, 0.15) is 5.75 Å². The molecule has 172 valence electrons. The number of hydrogen-bond donors (Lipinski definition) is 0. The lowest BCUT2D eigenvalue weighted by molar-refractivity contribution is -0.143. The van der Waals surface area contributed by atoms with Gasteiger partial charge in [0.25, 0.3) is 0 Å². The van der Waals surface area contributed by atoms with Gasteiger partial charge in [-0.15, -0.1) is 0 Å². The number of ketones is 1. The summed E-state index contributed by atoms with van der Waals surface area (Å²) < 4.78 is 15.9. The molecule has 0 fully saturated rings. The number of alkyl halides is 1. The number of ether oxygens (including phenoxy) is 3. The number of aryl methyl sites for hydroxylation is 1. The van der Waals surface area contributed by atoms with Crippen molar-refractivity contribution < 1.29 is 28.6 Å². The summed E-state index contributed by atoms with van der Waals surface area (Å²) in [6.45, 7) is 4.63. The Morgan fingerprint density at radius 2 is 1.59 bits per heavy atom. The average molecular weight is 505 g/mol. The van der Waals surface area contributed by atoms with Gasteiger partial charge in [-0.1, -0.05) is 28.1 Å². The first-order chi connectivity index (χ1) is 15.5. The van der Waals surface area contributed by atoms with Gasteiger partial charge in [-0.3, -0.25) is 9.59 Å². The zero-order valence-corrected chi connectivity index (χ0v) is 20.1. The van der Waals surface area contributed by atoms with Crippen molar-refractivity contribution in [1.29, 1.82) is 0 Å². The number of carbonyl (C=O) groups is 3. The minimum atomic E-state index is -0.468. The molecule has 0 unspecified atom stereocenters. The Hall–Kier alpha value is -2.67. The number of hydrogen-bond acceptors (Lipinski definition) is 6. The molecule has 0 aliphatic carbocycles. The summed E-state index contributed by atoms with van der Waals surface area (Å²) >= 11 is 3.40. The largest absolute Gasteiger partial charge is 0.493 e. The van der Waals surface area contributed by atoms with Crippen LogP contribution in [-0.4, -0.2) is 42.9 Å². The maximum Gasteiger partial charge on any atom is 0.338 e. The lowest BCUT2D eigenvalue weighted by Gasteiger charge is -2.13. The van der Waals surface area contributed by atoms with Crippen molar-refractivity contribution in [2.45, 2.75) is 39.5 Å². The van der Waals surface area contributed by atoms with Crippen LogP contribution < -0.4 is 4.74 Å². The fourth-order valence-electron chi connectivity index (χ4n) is 3.07. The second-order valence-electron chi connectivity index (χ2n) is 7.00. The highest BCUT2D eigenvalue weighted by molar-refractivity contribution is 9.09. The predicted octanol–water partition coefficient (Wildman–Crippen LogP) is 5.14. The molecule has 7 heteroatoms. The van der Waals surface area contributed by atoms with Crippen LogP contribution in [0, 0.1) is 0 Å². The fraction of sp³-hybridized carbons (Fsp3) is 0.400. The topological polar surface area (TPSA) is 78.9 Å². The first kappa shape index (κ1) is 25.6. The molecule has 2 aromatic rings. The molecule has 0 heterocycles. The van der Waals surface area contributed by atoms with Crippen molar-refractivity contribution >= 4 is 33.7 Å². The van der Waals surface area contributed by atoms with Gasteiger partial charge in [0.2, 0.25) is 0 Å². The minimum absolute atomic E-state index is 0.196. The van der Waals surface area contributed by atoms with Gasteiger partial charge in [-0.05, 0) is 69.0 Å². The standard InChI is InChI=1S/C25H29BrO6/c1-3-30-23(27)13-11-18-16-20(10-12-22(18)32-15-6-5-14-26)24(28)19-8-7-9-21(17-19)25(29)31-4-2/h7-10,12,16-17H,3-6,11,13-15H2,1-2H3. The molecular weight excluding hydrogens is 476 g/mol. The van der Waals surface area contributed by atoms with Crippen LogP contribution in [0.2, 0.25) is 0 Å². The molecule has 2 aromatic carbocycles. The molecule has 0 saturated carbocycles. The number of esters is 2. The molecule has 0 spiro atoms. The van der Waals surface area contributed by atoms with Crippen LogP contribution in [0.4, 0.5) is 0 Å². The Morgan fingerprint density at radius 3 is 2.31 bits per heavy atom. The SMILES string of the molecule is CCOC(=O)CCc1cc(C(=O)c2cccc(C(=O)OCC)c2)ccc1OCCCCBr. The molecule has 0 N–H and O–H groups in total. The van der Waals surface area contributed by atoms with Crippen LogP contribution in [0.5, 0.6) is 5.75 Å². The molecule has 0 aromatic heterocycles. The first-order valence-electron chi connectivity index (χ1n) is 10.8. The van der Waals surface area contributed by atoms with Gasteiger partial charge in [0.05, 0.1) is 25.4 Å². The third kappa shape index (κ3) is 7.79. The molecule has 0 amide bonds. The maximum absolute atomic E-state index is 13.1. The van der Waals surface area contributed by atoms with E-state index in [0.717, 1.165) is 23.7 Å². The van der Waals surface area contributed by atoms with E-state index in [1.807, 2.05) is 0 Å². The number of unbranched alkanes of at least 4 members (excludes halogenated alkanes) is 1. The van der Waals surface area contributed by atoms with Gasteiger partial charge < -0.3 is 14.2 Å². The van der Waals surface area contributed by atoms with Gasteiger partial charge in [-0.2, -0.15) is 0 Å². The second-order valence-corrected chi connectivity index (χ2v) is 7.80. The fourth-order valence-corrected chi connectivity index (χ4v) is 3.47. The Bertz CT molecular complexity index is 924. The van der Waals surface area contributed by atoms with Crippen LogP contribution in [-0.2, 0) is 20.7 Å². The molecular formula is C25H29BrO6. The summed E-state index contributed by atoms with van der Waals surface area (Å²) in [5.41, 5.74) is 1.94. The molecule has 0 aliphatic heterocycles. The van der Waals surface area contributed by atoms with Crippen LogP contribution in [0.1, 0.15) is 65.0 Å². The molecule has 0 saturated heterocycles. The minimum Gasteiger partial charge on any atom is -0.493 e. The quantitative estimate of drug-likeness (QED) is 0.162. The smallest absolute Gasteiger partial charge is 0.338 e. The zero-order valence-electron chi connectivity index (χ0n) is 18.5. The van der Waals surface area contributed by atoms with Crippen LogP contribution in [0.25, 0.3) is 0 Å². The third-order valence-corrected chi connectivity index (χ3v) is 5.21. The lowest BCUT2D eigenvalue weighted by atomic mass is 9.98. The Balaban J connectivity index is 2.25. The third-order valence-electron chi connectivity index (χ3n) is 4.65. The zero-order chi connectivity index (χ0) is 23.3. The first-order valence-corrected chi connectivity index (χ1v) is 11.9. The Morgan fingerprint density at radius 1 is 0.875 bits per heavy atom.